The standard InChI is InChI=1S/C19H30N2O3S/c1-13-10-14(2)19(15(3)11-13)25(23,24)18-12-17(22)6-9-21(18)16-4-7-20-8-5-16/h10-11,16-18,20,22H,4-9,12H2,1-3H3/t17?,18-/m1/s1. The third-order valence-electron chi connectivity index (χ3n) is 5.59. The molecule has 2 atom stereocenters. The number of nitrogens with one attached hydrogen (secondary N) is 1. The van der Waals surface area contributed by atoms with Crippen molar-refractivity contribution in [2.24, 2.45) is 0 Å². The summed E-state index contributed by atoms with van der Waals surface area (Å²) < 4.78 is 27.1. The van der Waals surface area contributed by atoms with Crippen LogP contribution in [0.4, 0.5) is 0 Å². The summed E-state index contributed by atoms with van der Waals surface area (Å²) in [6.07, 6.45) is 2.35. The van der Waals surface area contributed by atoms with Crippen LogP contribution in [0.3, 0.4) is 0 Å². The molecule has 0 aliphatic carbocycles. The number of piperidine rings is 2. The van der Waals surface area contributed by atoms with E-state index in [1.165, 1.54) is 0 Å². The Kier molecular flexibility index (Phi) is 5.54. The van der Waals surface area contributed by atoms with Gasteiger partial charge in [0.25, 0.3) is 0 Å². The molecule has 2 aliphatic rings. The number of aliphatic hydroxyl groups excluding tert-OH is 1. The first-order chi connectivity index (χ1) is 11.8. The summed E-state index contributed by atoms with van der Waals surface area (Å²) in [5.74, 6) is 0. The molecule has 2 fully saturated rings. The lowest BCUT2D eigenvalue weighted by atomic mass is 10.00. The predicted octanol–water partition coefficient (Wildman–Crippen LogP) is 1.92. The van der Waals surface area contributed by atoms with Crippen molar-refractivity contribution in [1.29, 1.82) is 0 Å². The first-order valence-electron chi connectivity index (χ1n) is 9.27. The highest BCUT2D eigenvalue weighted by atomic mass is 32.2. The van der Waals surface area contributed by atoms with Gasteiger partial charge in [-0.05, 0) is 64.3 Å². The highest BCUT2D eigenvalue weighted by Gasteiger charge is 2.42. The number of hydrogen-bond acceptors (Lipinski definition) is 5. The van der Waals surface area contributed by atoms with Crippen LogP contribution in [0.1, 0.15) is 42.4 Å². The quantitative estimate of drug-likeness (QED) is 0.855. The van der Waals surface area contributed by atoms with Crippen LogP contribution in [-0.2, 0) is 9.84 Å². The molecule has 2 heterocycles. The average Bonchev–Trinajstić information content (AvgIpc) is 2.54. The van der Waals surface area contributed by atoms with Gasteiger partial charge in [0.1, 0.15) is 5.37 Å². The monoisotopic (exact) mass is 366 g/mol. The minimum absolute atomic E-state index is 0.277. The molecule has 1 unspecified atom stereocenters. The van der Waals surface area contributed by atoms with E-state index in [4.69, 9.17) is 0 Å². The van der Waals surface area contributed by atoms with Crippen molar-refractivity contribution in [1.82, 2.24) is 10.2 Å². The van der Waals surface area contributed by atoms with Crippen molar-refractivity contribution in [2.75, 3.05) is 19.6 Å². The molecule has 2 saturated heterocycles. The highest BCUT2D eigenvalue weighted by Crippen LogP contribution is 2.34. The number of sulfone groups is 1. The number of aryl methyl sites for hydroxylation is 3. The fraction of sp³-hybridized carbons (Fsp3) is 0.684. The Morgan fingerprint density at radius 1 is 1.08 bits per heavy atom. The second-order valence-corrected chi connectivity index (χ2v) is 9.67. The summed E-state index contributed by atoms with van der Waals surface area (Å²) in [5.41, 5.74) is 2.69. The largest absolute Gasteiger partial charge is 0.393 e. The van der Waals surface area contributed by atoms with Crippen LogP contribution in [0.2, 0.25) is 0 Å². The van der Waals surface area contributed by atoms with Gasteiger partial charge < -0.3 is 10.4 Å². The molecule has 2 N–H and O–H groups in total. The summed E-state index contributed by atoms with van der Waals surface area (Å²) in [7, 11) is -3.53. The van der Waals surface area contributed by atoms with Gasteiger partial charge in [0.2, 0.25) is 0 Å². The number of benzene rings is 1. The van der Waals surface area contributed by atoms with Gasteiger partial charge in [-0.15, -0.1) is 0 Å². The molecule has 0 spiro atoms. The van der Waals surface area contributed by atoms with Crippen LogP contribution in [0.15, 0.2) is 17.0 Å². The molecule has 25 heavy (non-hydrogen) atoms. The van der Waals surface area contributed by atoms with E-state index in [1.807, 2.05) is 32.9 Å². The van der Waals surface area contributed by atoms with Crippen LogP contribution >= 0.6 is 0 Å². The Hall–Kier alpha value is -0.950. The van der Waals surface area contributed by atoms with Crippen molar-refractivity contribution >= 4 is 9.84 Å². The summed E-state index contributed by atoms with van der Waals surface area (Å²) in [5, 5.41) is 12.9. The molecular weight excluding hydrogens is 336 g/mol. The van der Waals surface area contributed by atoms with Crippen molar-refractivity contribution in [3.05, 3.63) is 28.8 Å². The Morgan fingerprint density at radius 2 is 1.68 bits per heavy atom. The topological polar surface area (TPSA) is 69.6 Å². The zero-order chi connectivity index (χ0) is 18.2. The van der Waals surface area contributed by atoms with E-state index in [9.17, 15) is 13.5 Å². The predicted molar refractivity (Wildman–Crippen MR) is 99.5 cm³/mol. The highest BCUT2D eigenvalue weighted by molar-refractivity contribution is 7.92. The molecule has 0 saturated carbocycles. The summed E-state index contributed by atoms with van der Waals surface area (Å²) in [4.78, 5) is 2.61. The fourth-order valence-electron chi connectivity index (χ4n) is 4.54. The Balaban J connectivity index is 2.00. The van der Waals surface area contributed by atoms with Gasteiger partial charge >= 0.3 is 0 Å². The Labute approximate surface area is 151 Å². The molecule has 2 aliphatic heterocycles. The maximum absolute atomic E-state index is 13.6. The third-order valence-corrected chi connectivity index (χ3v) is 7.98. The Morgan fingerprint density at radius 3 is 2.28 bits per heavy atom. The molecule has 1 aromatic rings. The summed E-state index contributed by atoms with van der Waals surface area (Å²) in [6.45, 7) is 8.25. The Bertz CT molecular complexity index is 703. The summed E-state index contributed by atoms with van der Waals surface area (Å²) >= 11 is 0. The fourth-order valence-corrected chi connectivity index (χ4v) is 6.94. The van der Waals surface area contributed by atoms with E-state index in [2.05, 4.69) is 10.2 Å². The molecule has 0 radical (unpaired) electrons. The van der Waals surface area contributed by atoms with E-state index in [-0.39, 0.29) is 6.04 Å². The molecule has 5 nitrogen and oxygen atoms in total. The minimum atomic E-state index is -3.53. The van der Waals surface area contributed by atoms with Gasteiger partial charge in [-0.3, -0.25) is 4.90 Å². The molecule has 0 aromatic heterocycles. The third kappa shape index (κ3) is 3.77. The van der Waals surface area contributed by atoms with E-state index < -0.39 is 21.3 Å². The lowest BCUT2D eigenvalue weighted by molar-refractivity contribution is 0.0369. The van der Waals surface area contributed by atoms with E-state index in [0.29, 0.717) is 24.3 Å². The van der Waals surface area contributed by atoms with Crippen LogP contribution in [-0.4, -0.2) is 55.6 Å². The number of rotatable bonds is 3. The van der Waals surface area contributed by atoms with Gasteiger partial charge in [-0.25, -0.2) is 8.42 Å². The lowest BCUT2D eigenvalue weighted by Gasteiger charge is -2.43. The molecule has 0 bridgehead atoms. The molecule has 0 amide bonds. The van der Waals surface area contributed by atoms with Crippen LogP contribution in [0, 0.1) is 20.8 Å². The number of nitrogens with zero attached hydrogens (tertiary/aromatic N) is 1. The summed E-state index contributed by atoms with van der Waals surface area (Å²) in [6, 6.07) is 4.15. The van der Waals surface area contributed by atoms with Crippen molar-refractivity contribution < 1.29 is 13.5 Å². The SMILES string of the molecule is Cc1cc(C)c(S(=O)(=O)[C@@H]2CC(O)CCN2C2CCNCC2)c(C)c1. The van der Waals surface area contributed by atoms with Crippen LogP contribution < -0.4 is 5.32 Å². The maximum atomic E-state index is 13.6. The molecular formula is C19H30N2O3S. The normalized spacial score (nSPS) is 26.7. The van der Waals surface area contributed by atoms with Crippen LogP contribution in [0.25, 0.3) is 0 Å². The zero-order valence-electron chi connectivity index (χ0n) is 15.5. The van der Waals surface area contributed by atoms with Crippen molar-refractivity contribution in [3.8, 4) is 0 Å². The molecule has 3 rings (SSSR count). The second kappa shape index (κ2) is 7.35. The van der Waals surface area contributed by atoms with E-state index >= 15 is 0 Å². The van der Waals surface area contributed by atoms with Gasteiger partial charge in [-0.1, -0.05) is 17.7 Å². The van der Waals surface area contributed by atoms with Crippen molar-refractivity contribution in [2.45, 2.75) is 68.9 Å². The average molecular weight is 367 g/mol. The number of aliphatic hydroxyl groups is 1. The van der Waals surface area contributed by atoms with Gasteiger partial charge in [-0.2, -0.15) is 0 Å². The first kappa shape index (κ1) is 18.8. The minimum Gasteiger partial charge on any atom is -0.393 e. The first-order valence-corrected chi connectivity index (χ1v) is 10.8. The van der Waals surface area contributed by atoms with Gasteiger partial charge in [0.05, 0.1) is 11.0 Å². The second-order valence-electron chi connectivity index (χ2n) is 7.62. The van der Waals surface area contributed by atoms with Gasteiger partial charge in [0, 0.05) is 19.0 Å². The van der Waals surface area contributed by atoms with E-state index in [0.717, 1.165) is 42.6 Å². The van der Waals surface area contributed by atoms with E-state index in [1.54, 1.807) is 0 Å². The lowest BCUT2D eigenvalue weighted by Crippen LogP contribution is -2.55. The van der Waals surface area contributed by atoms with Crippen LogP contribution in [0.5, 0.6) is 0 Å². The van der Waals surface area contributed by atoms with Crippen molar-refractivity contribution in [3.63, 3.8) is 0 Å². The number of hydrogen-bond donors (Lipinski definition) is 2. The zero-order valence-corrected chi connectivity index (χ0v) is 16.3. The maximum Gasteiger partial charge on any atom is 0.195 e. The molecule has 6 heteroatoms. The smallest absolute Gasteiger partial charge is 0.195 e. The van der Waals surface area contributed by atoms with Gasteiger partial charge in [0.15, 0.2) is 9.84 Å². The number of likely N-dealkylation sites (tertiary alicyclic amines) is 1. The molecule has 140 valence electrons. The molecule has 1 aromatic carbocycles.